The number of nitrogens with zero attached hydrogens (tertiary/aromatic N) is 1. The second-order valence-electron chi connectivity index (χ2n) is 3.83. The van der Waals surface area contributed by atoms with Gasteiger partial charge in [0, 0.05) is 19.7 Å². The van der Waals surface area contributed by atoms with Gasteiger partial charge in [-0.25, -0.2) is 8.78 Å². The summed E-state index contributed by atoms with van der Waals surface area (Å²) in [6.07, 6.45) is 0.586. The fourth-order valence-electron chi connectivity index (χ4n) is 1.59. The van der Waals surface area contributed by atoms with Gasteiger partial charge in [0.25, 0.3) is 0 Å². The molecule has 1 aromatic rings. The third-order valence-corrected chi connectivity index (χ3v) is 2.73. The van der Waals surface area contributed by atoms with Crippen LogP contribution >= 0.6 is 0 Å². The van der Waals surface area contributed by atoms with Gasteiger partial charge in [-0.3, -0.25) is 4.79 Å². The molecule has 0 aliphatic rings. The molecule has 1 rings (SSSR count). The van der Waals surface area contributed by atoms with Crippen LogP contribution in [0.3, 0.4) is 0 Å². The Kier molecular flexibility index (Phi) is 4.57. The maximum absolute atomic E-state index is 13.5. The quantitative estimate of drug-likeness (QED) is 0.876. The van der Waals surface area contributed by atoms with E-state index >= 15 is 0 Å². The highest BCUT2D eigenvalue weighted by Crippen LogP contribution is 2.21. The summed E-state index contributed by atoms with van der Waals surface area (Å²) >= 11 is 0. The van der Waals surface area contributed by atoms with Gasteiger partial charge in [-0.2, -0.15) is 0 Å². The van der Waals surface area contributed by atoms with E-state index in [1.165, 1.54) is 18.0 Å². The minimum atomic E-state index is -0.757. The van der Waals surface area contributed by atoms with Crippen molar-refractivity contribution in [2.45, 2.75) is 13.3 Å². The molecule has 0 spiro atoms. The molecule has 1 aromatic carbocycles. The van der Waals surface area contributed by atoms with Crippen molar-refractivity contribution in [2.75, 3.05) is 18.5 Å². The summed E-state index contributed by atoms with van der Waals surface area (Å²) in [5, 5.41) is 0. The average Bonchev–Trinajstić information content (AvgIpc) is 2.29. The maximum atomic E-state index is 13.5. The maximum Gasteiger partial charge on any atom is 0.231 e. The van der Waals surface area contributed by atoms with Crippen LogP contribution in [0.2, 0.25) is 0 Å². The molecule has 0 aliphatic carbocycles. The second-order valence-corrected chi connectivity index (χ2v) is 3.83. The molecule has 3 nitrogen and oxygen atoms in total. The highest BCUT2D eigenvalue weighted by molar-refractivity contribution is 5.94. The van der Waals surface area contributed by atoms with Crippen LogP contribution in [-0.2, 0) is 4.79 Å². The third kappa shape index (κ3) is 3.00. The average molecular weight is 242 g/mol. The van der Waals surface area contributed by atoms with E-state index in [-0.39, 0.29) is 24.1 Å². The number of nitrogens with two attached hydrogens (primary N) is 1. The lowest BCUT2D eigenvalue weighted by atomic mass is 10.1. The standard InChI is InChI=1S/C12H16F2N2O/c1-3-8(7-15)12(17)16(2)11-5-4-9(13)6-10(11)14/h4-6,8H,3,7,15H2,1-2H3. The van der Waals surface area contributed by atoms with E-state index < -0.39 is 11.6 Å². The Morgan fingerprint density at radius 1 is 1.47 bits per heavy atom. The Bertz CT molecular complexity index is 405. The van der Waals surface area contributed by atoms with E-state index in [9.17, 15) is 13.6 Å². The predicted molar refractivity (Wildman–Crippen MR) is 62.6 cm³/mol. The van der Waals surface area contributed by atoms with E-state index in [1.54, 1.807) is 0 Å². The summed E-state index contributed by atoms with van der Waals surface area (Å²) in [7, 11) is 1.46. The number of anilines is 1. The third-order valence-electron chi connectivity index (χ3n) is 2.73. The van der Waals surface area contributed by atoms with E-state index in [1.807, 2.05) is 6.92 Å². The molecule has 0 radical (unpaired) electrons. The highest BCUT2D eigenvalue weighted by atomic mass is 19.1. The molecule has 5 heteroatoms. The lowest BCUT2D eigenvalue weighted by molar-refractivity contribution is -0.121. The van der Waals surface area contributed by atoms with Gasteiger partial charge in [0.05, 0.1) is 11.6 Å². The smallest absolute Gasteiger partial charge is 0.231 e. The molecule has 17 heavy (non-hydrogen) atoms. The fourth-order valence-corrected chi connectivity index (χ4v) is 1.59. The number of hydrogen-bond acceptors (Lipinski definition) is 2. The van der Waals surface area contributed by atoms with E-state index in [0.29, 0.717) is 6.42 Å². The van der Waals surface area contributed by atoms with Gasteiger partial charge in [-0.15, -0.1) is 0 Å². The fraction of sp³-hybridized carbons (Fsp3) is 0.417. The van der Waals surface area contributed by atoms with Gasteiger partial charge in [0.2, 0.25) is 5.91 Å². The summed E-state index contributed by atoms with van der Waals surface area (Å²) in [5.41, 5.74) is 5.52. The first-order chi connectivity index (χ1) is 8.01. The molecular formula is C12H16F2N2O. The van der Waals surface area contributed by atoms with E-state index in [0.717, 1.165) is 12.1 Å². The number of halogens is 2. The molecular weight excluding hydrogens is 226 g/mol. The van der Waals surface area contributed by atoms with Crippen molar-refractivity contribution in [3.05, 3.63) is 29.8 Å². The van der Waals surface area contributed by atoms with Crippen molar-refractivity contribution < 1.29 is 13.6 Å². The minimum Gasteiger partial charge on any atom is -0.330 e. The topological polar surface area (TPSA) is 46.3 Å². The van der Waals surface area contributed by atoms with Crippen LogP contribution in [0.15, 0.2) is 18.2 Å². The van der Waals surface area contributed by atoms with Gasteiger partial charge in [-0.1, -0.05) is 6.92 Å². The zero-order chi connectivity index (χ0) is 13.0. The van der Waals surface area contributed by atoms with Gasteiger partial charge < -0.3 is 10.6 Å². The van der Waals surface area contributed by atoms with Crippen molar-refractivity contribution in [1.82, 2.24) is 0 Å². The van der Waals surface area contributed by atoms with Crippen LogP contribution in [0.1, 0.15) is 13.3 Å². The second kappa shape index (κ2) is 5.72. The van der Waals surface area contributed by atoms with Crippen LogP contribution in [0, 0.1) is 17.6 Å². The lowest BCUT2D eigenvalue weighted by Gasteiger charge is -2.22. The molecule has 0 saturated carbocycles. The Labute approximate surface area is 99.2 Å². The molecule has 0 fully saturated rings. The monoisotopic (exact) mass is 242 g/mol. The number of hydrogen-bond donors (Lipinski definition) is 1. The van der Waals surface area contributed by atoms with Crippen LogP contribution < -0.4 is 10.6 Å². The Hall–Kier alpha value is -1.49. The van der Waals surface area contributed by atoms with Crippen molar-refractivity contribution in [1.29, 1.82) is 0 Å². The molecule has 1 unspecified atom stereocenters. The van der Waals surface area contributed by atoms with Crippen molar-refractivity contribution in [3.8, 4) is 0 Å². The minimum absolute atomic E-state index is 0.0586. The molecule has 2 N–H and O–H groups in total. The number of rotatable bonds is 4. The molecule has 94 valence electrons. The summed E-state index contributed by atoms with van der Waals surface area (Å²) in [4.78, 5) is 13.1. The molecule has 1 atom stereocenters. The van der Waals surface area contributed by atoms with Crippen LogP contribution in [-0.4, -0.2) is 19.5 Å². The molecule has 0 aromatic heterocycles. The first-order valence-corrected chi connectivity index (χ1v) is 5.44. The van der Waals surface area contributed by atoms with Gasteiger partial charge >= 0.3 is 0 Å². The van der Waals surface area contributed by atoms with Gasteiger partial charge in [-0.05, 0) is 18.6 Å². The summed E-state index contributed by atoms with van der Waals surface area (Å²) in [6, 6.07) is 3.11. The summed E-state index contributed by atoms with van der Waals surface area (Å²) < 4.78 is 26.2. The Morgan fingerprint density at radius 2 is 2.12 bits per heavy atom. The van der Waals surface area contributed by atoms with E-state index in [4.69, 9.17) is 5.73 Å². The van der Waals surface area contributed by atoms with Crippen molar-refractivity contribution >= 4 is 11.6 Å². The molecule has 1 amide bonds. The normalized spacial score (nSPS) is 12.3. The largest absolute Gasteiger partial charge is 0.330 e. The molecule has 0 aliphatic heterocycles. The van der Waals surface area contributed by atoms with Crippen LogP contribution in [0.5, 0.6) is 0 Å². The van der Waals surface area contributed by atoms with Crippen molar-refractivity contribution in [2.24, 2.45) is 11.7 Å². The van der Waals surface area contributed by atoms with E-state index in [2.05, 4.69) is 0 Å². The molecule has 0 bridgehead atoms. The summed E-state index contributed by atoms with van der Waals surface area (Å²) in [6.45, 7) is 2.05. The zero-order valence-corrected chi connectivity index (χ0v) is 9.91. The lowest BCUT2D eigenvalue weighted by Crippen LogP contribution is -2.36. The van der Waals surface area contributed by atoms with Crippen LogP contribution in [0.4, 0.5) is 14.5 Å². The first-order valence-electron chi connectivity index (χ1n) is 5.44. The van der Waals surface area contributed by atoms with Crippen LogP contribution in [0.25, 0.3) is 0 Å². The SMILES string of the molecule is CCC(CN)C(=O)N(C)c1ccc(F)cc1F. The molecule has 0 heterocycles. The number of amides is 1. The summed E-state index contributed by atoms with van der Waals surface area (Å²) in [5.74, 6) is -2.03. The Balaban J connectivity index is 2.95. The number of carbonyl (C=O) groups excluding carboxylic acids is 1. The van der Waals surface area contributed by atoms with Gasteiger partial charge in [0.15, 0.2) is 0 Å². The predicted octanol–water partition coefficient (Wildman–Crippen LogP) is 1.91. The Morgan fingerprint density at radius 3 is 2.59 bits per heavy atom. The number of carbonyl (C=O) groups is 1. The molecule has 0 saturated heterocycles. The van der Waals surface area contributed by atoms with Gasteiger partial charge in [0.1, 0.15) is 11.6 Å². The first kappa shape index (κ1) is 13.6. The van der Waals surface area contributed by atoms with Crippen molar-refractivity contribution in [3.63, 3.8) is 0 Å². The number of benzene rings is 1. The zero-order valence-electron chi connectivity index (χ0n) is 9.91. The highest BCUT2D eigenvalue weighted by Gasteiger charge is 2.22.